The molecule has 1 saturated heterocycles. The van der Waals surface area contributed by atoms with Crippen molar-refractivity contribution in [1.82, 2.24) is 0 Å². The third-order valence-corrected chi connectivity index (χ3v) is 3.18. The molecule has 0 aromatic heterocycles. The second kappa shape index (κ2) is 5.07. The number of benzene rings is 1. The van der Waals surface area contributed by atoms with E-state index in [0.717, 1.165) is 0 Å². The first-order valence-electron chi connectivity index (χ1n) is 5.72. The number of nitriles is 1. The van der Waals surface area contributed by atoms with Crippen molar-refractivity contribution >= 4 is 5.78 Å². The molecule has 0 unspecified atom stereocenters. The van der Waals surface area contributed by atoms with Crippen molar-refractivity contribution in [2.24, 2.45) is 0 Å². The molecule has 6 nitrogen and oxygen atoms in total. The molecular weight excluding hydrogens is 250 g/mol. The van der Waals surface area contributed by atoms with Crippen LogP contribution in [0.3, 0.4) is 0 Å². The first-order valence-corrected chi connectivity index (χ1v) is 5.72. The minimum Gasteiger partial charge on any atom is -0.394 e. The van der Waals surface area contributed by atoms with Gasteiger partial charge in [-0.05, 0) is 0 Å². The molecule has 3 N–H and O–H groups in total. The maximum absolute atomic E-state index is 12.3. The lowest BCUT2D eigenvalue weighted by molar-refractivity contribution is -0.0409. The average Bonchev–Trinajstić information content (AvgIpc) is 2.72. The summed E-state index contributed by atoms with van der Waals surface area (Å²) in [6.07, 6.45) is -4.36. The smallest absolute Gasteiger partial charge is 0.246 e. The average molecular weight is 263 g/mol. The highest BCUT2D eigenvalue weighted by molar-refractivity contribution is 6.05. The highest BCUT2D eigenvalue weighted by Crippen LogP contribution is 2.33. The van der Waals surface area contributed by atoms with E-state index in [2.05, 4.69) is 0 Å². The van der Waals surface area contributed by atoms with Crippen molar-refractivity contribution in [3.8, 4) is 6.07 Å². The third-order valence-electron chi connectivity index (χ3n) is 3.18. The minimum absolute atomic E-state index is 0.189. The summed E-state index contributed by atoms with van der Waals surface area (Å²) in [7, 11) is 0. The van der Waals surface area contributed by atoms with Gasteiger partial charge in [-0.15, -0.1) is 0 Å². The fraction of sp³-hybridized carbons (Fsp3) is 0.385. The van der Waals surface area contributed by atoms with Crippen molar-refractivity contribution in [2.45, 2.75) is 23.9 Å². The molecule has 1 aromatic carbocycles. The number of hydrogen-bond acceptors (Lipinski definition) is 6. The predicted molar refractivity (Wildman–Crippen MR) is 63.1 cm³/mol. The predicted octanol–water partition coefficient (Wildman–Crippen LogP) is -0.755. The maximum atomic E-state index is 12.3. The number of nitrogens with zero attached hydrogens (tertiary/aromatic N) is 1. The molecule has 4 atom stereocenters. The summed E-state index contributed by atoms with van der Waals surface area (Å²) in [5.74, 6) is -0.738. The van der Waals surface area contributed by atoms with Gasteiger partial charge in [0.2, 0.25) is 11.4 Å². The first-order chi connectivity index (χ1) is 9.06. The number of aliphatic hydroxyl groups is 3. The molecule has 0 bridgehead atoms. The van der Waals surface area contributed by atoms with E-state index >= 15 is 0 Å². The number of carbonyl (C=O) groups is 1. The monoisotopic (exact) mass is 263 g/mol. The Kier molecular flexibility index (Phi) is 3.64. The fourth-order valence-electron chi connectivity index (χ4n) is 2.10. The molecule has 0 radical (unpaired) electrons. The topological polar surface area (TPSA) is 111 Å². The van der Waals surface area contributed by atoms with Gasteiger partial charge in [0.1, 0.15) is 24.4 Å². The lowest BCUT2D eigenvalue weighted by Crippen LogP contribution is -2.48. The second-order valence-corrected chi connectivity index (χ2v) is 4.32. The van der Waals surface area contributed by atoms with Crippen LogP contribution < -0.4 is 0 Å². The zero-order valence-corrected chi connectivity index (χ0v) is 9.93. The second-order valence-electron chi connectivity index (χ2n) is 4.32. The molecule has 1 heterocycles. The van der Waals surface area contributed by atoms with Gasteiger partial charge in [0.25, 0.3) is 0 Å². The molecule has 0 aliphatic carbocycles. The number of hydrogen-bond donors (Lipinski definition) is 3. The van der Waals surface area contributed by atoms with E-state index in [4.69, 9.17) is 9.84 Å². The molecule has 0 amide bonds. The highest BCUT2D eigenvalue weighted by Gasteiger charge is 2.59. The van der Waals surface area contributed by atoms with Crippen molar-refractivity contribution in [3.05, 3.63) is 35.9 Å². The Morgan fingerprint density at radius 1 is 1.37 bits per heavy atom. The number of ketones is 1. The molecule has 19 heavy (non-hydrogen) atoms. The minimum atomic E-state index is -2.19. The van der Waals surface area contributed by atoms with Gasteiger partial charge in [-0.25, -0.2) is 0 Å². The van der Waals surface area contributed by atoms with Crippen LogP contribution in [0.15, 0.2) is 30.3 Å². The zero-order chi connectivity index (χ0) is 14.0. The zero-order valence-electron chi connectivity index (χ0n) is 9.93. The maximum Gasteiger partial charge on any atom is 0.246 e. The normalized spacial score (nSPS) is 33.9. The van der Waals surface area contributed by atoms with Crippen LogP contribution in [-0.2, 0) is 4.74 Å². The highest BCUT2D eigenvalue weighted by atomic mass is 16.6. The lowest BCUT2D eigenvalue weighted by Gasteiger charge is -2.22. The fourth-order valence-corrected chi connectivity index (χ4v) is 2.10. The Morgan fingerprint density at radius 3 is 2.47 bits per heavy atom. The summed E-state index contributed by atoms with van der Waals surface area (Å²) in [6, 6.07) is 9.51. The third kappa shape index (κ3) is 2.03. The number of Topliss-reactive ketones (excluding diaryl/α,β-unsaturated/α-hetero) is 1. The van der Waals surface area contributed by atoms with E-state index in [0.29, 0.717) is 0 Å². The molecule has 1 aliphatic rings. The molecule has 1 fully saturated rings. The van der Waals surface area contributed by atoms with Crippen LogP contribution in [0.4, 0.5) is 0 Å². The molecule has 0 spiro atoms. The van der Waals surface area contributed by atoms with E-state index in [9.17, 15) is 20.3 Å². The Hall–Kier alpha value is -1.78. The lowest BCUT2D eigenvalue weighted by atomic mass is 9.88. The summed E-state index contributed by atoms with van der Waals surface area (Å²) >= 11 is 0. The van der Waals surface area contributed by atoms with Gasteiger partial charge in [-0.2, -0.15) is 5.26 Å². The largest absolute Gasteiger partial charge is 0.394 e. The number of rotatable bonds is 3. The van der Waals surface area contributed by atoms with Gasteiger partial charge in [0.05, 0.1) is 6.61 Å². The molecule has 1 aromatic rings. The molecule has 1 aliphatic heterocycles. The molecule has 6 heteroatoms. The van der Waals surface area contributed by atoms with Crippen LogP contribution in [0, 0.1) is 11.3 Å². The quantitative estimate of drug-likeness (QED) is 0.618. The number of ether oxygens (including phenoxy) is 1. The molecule has 2 rings (SSSR count). The van der Waals surface area contributed by atoms with Gasteiger partial charge in [0, 0.05) is 5.56 Å². The Balaban J connectivity index is 2.40. The van der Waals surface area contributed by atoms with Crippen molar-refractivity contribution < 1.29 is 24.9 Å². The van der Waals surface area contributed by atoms with E-state index in [1.54, 1.807) is 24.3 Å². The van der Waals surface area contributed by atoms with Gasteiger partial charge < -0.3 is 20.1 Å². The van der Waals surface area contributed by atoms with Crippen LogP contribution in [0.25, 0.3) is 0 Å². The summed E-state index contributed by atoms with van der Waals surface area (Å²) < 4.78 is 5.13. The molecule has 0 saturated carbocycles. The molecular formula is C13H13NO5. The SMILES string of the molecule is N#C[C@]1(C(=O)c2ccccc2)O[C@@H](CO)[C@H](O)[C@@H]1O. The van der Waals surface area contributed by atoms with Crippen LogP contribution >= 0.6 is 0 Å². The van der Waals surface area contributed by atoms with Gasteiger partial charge >= 0.3 is 0 Å². The number of carbonyl (C=O) groups excluding carboxylic acids is 1. The van der Waals surface area contributed by atoms with Crippen molar-refractivity contribution in [1.29, 1.82) is 5.26 Å². The Morgan fingerprint density at radius 2 is 2.00 bits per heavy atom. The summed E-state index contributed by atoms with van der Waals surface area (Å²) in [5, 5.41) is 37.8. The summed E-state index contributed by atoms with van der Waals surface area (Å²) in [6.45, 7) is -0.594. The number of aliphatic hydroxyl groups excluding tert-OH is 3. The van der Waals surface area contributed by atoms with Crippen LogP contribution in [0.1, 0.15) is 10.4 Å². The van der Waals surface area contributed by atoms with Crippen LogP contribution in [0.5, 0.6) is 0 Å². The van der Waals surface area contributed by atoms with Crippen molar-refractivity contribution in [3.63, 3.8) is 0 Å². The van der Waals surface area contributed by atoms with E-state index in [1.165, 1.54) is 12.1 Å². The van der Waals surface area contributed by atoms with Crippen LogP contribution in [0.2, 0.25) is 0 Å². The summed E-state index contributed by atoms with van der Waals surface area (Å²) in [5.41, 5.74) is -2.00. The van der Waals surface area contributed by atoms with Gasteiger partial charge in [-0.1, -0.05) is 30.3 Å². The molecule has 100 valence electrons. The Bertz CT molecular complexity index is 512. The van der Waals surface area contributed by atoms with E-state index < -0.39 is 36.3 Å². The van der Waals surface area contributed by atoms with Crippen molar-refractivity contribution in [2.75, 3.05) is 6.61 Å². The first kappa shape index (κ1) is 13.6. The van der Waals surface area contributed by atoms with Gasteiger partial charge in [0.15, 0.2) is 0 Å². The van der Waals surface area contributed by atoms with Crippen LogP contribution in [-0.4, -0.2) is 51.6 Å². The van der Waals surface area contributed by atoms with E-state index in [1.807, 2.05) is 0 Å². The standard InChI is InChI=1S/C13H13NO5/c14-7-13(11(17)8-4-2-1-3-5-8)12(18)10(16)9(6-15)19-13/h1-5,9-10,12,15-16,18H,6H2/t9-,10-,12-,13+/m0/s1. The Labute approximate surface area is 109 Å². The van der Waals surface area contributed by atoms with Gasteiger partial charge in [-0.3, -0.25) is 4.79 Å². The summed E-state index contributed by atoms with van der Waals surface area (Å²) in [4.78, 5) is 12.3. The van der Waals surface area contributed by atoms with E-state index in [-0.39, 0.29) is 5.56 Å².